The summed E-state index contributed by atoms with van der Waals surface area (Å²) in [4.78, 5) is 23.5. The normalized spacial score (nSPS) is 11.2. The number of hydrogen-bond acceptors (Lipinski definition) is 4. The van der Waals surface area contributed by atoms with Gasteiger partial charge in [-0.15, -0.1) is 0 Å². The van der Waals surface area contributed by atoms with Crippen molar-refractivity contribution in [2.45, 2.75) is 38.5 Å². The smallest absolute Gasteiger partial charge is 0.240 e. The van der Waals surface area contributed by atoms with E-state index < -0.39 is 10.0 Å². The quantitative estimate of drug-likeness (QED) is 0.680. The molecule has 27 heavy (non-hydrogen) atoms. The summed E-state index contributed by atoms with van der Waals surface area (Å²) in [6.45, 7) is 5.33. The zero-order valence-corrected chi connectivity index (χ0v) is 16.5. The summed E-state index contributed by atoms with van der Waals surface area (Å²) in [7, 11) is -3.73. The minimum absolute atomic E-state index is 0.0161. The Hall–Kier alpha value is -2.51. The molecule has 2 rings (SSSR count). The van der Waals surface area contributed by atoms with E-state index in [4.69, 9.17) is 0 Å². The largest absolute Gasteiger partial charge is 0.326 e. The number of para-hydroxylation sites is 1. The molecule has 2 N–H and O–H groups in total. The first kappa shape index (κ1) is 20.8. The van der Waals surface area contributed by atoms with Crippen LogP contribution in [-0.2, 0) is 21.2 Å². The molecule has 0 aliphatic rings. The van der Waals surface area contributed by atoms with Gasteiger partial charge in [0.1, 0.15) is 0 Å². The molecular weight excluding hydrogens is 364 g/mol. The Balaban J connectivity index is 1.95. The van der Waals surface area contributed by atoms with E-state index in [2.05, 4.69) is 10.0 Å². The van der Waals surface area contributed by atoms with Crippen molar-refractivity contribution in [3.63, 3.8) is 0 Å². The highest BCUT2D eigenvalue weighted by Crippen LogP contribution is 2.21. The van der Waals surface area contributed by atoms with Crippen molar-refractivity contribution in [2.75, 3.05) is 11.9 Å². The molecule has 0 spiro atoms. The number of carbonyl (C=O) groups is 2. The lowest BCUT2D eigenvalue weighted by Crippen LogP contribution is -2.28. The van der Waals surface area contributed by atoms with Gasteiger partial charge in [0.05, 0.1) is 4.90 Å². The molecule has 0 saturated carbocycles. The van der Waals surface area contributed by atoms with Gasteiger partial charge in [-0.1, -0.05) is 37.3 Å². The zero-order chi connectivity index (χ0) is 20.0. The third-order valence-electron chi connectivity index (χ3n) is 4.22. The SMILES string of the molecule is CCc1cccc(C)c1NC(=O)CCNS(=O)(=O)c1ccc(C(C)=O)cc1. The summed E-state index contributed by atoms with van der Waals surface area (Å²) < 4.78 is 27.0. The third-order valence-corrected chi connectivity index (χ3v) is 5.70. The Kier molecular flexibility index (Phi) is 6.87. The summed E-state index contributed by atoms with van der Waals surface area (Å²) in [6.07, 6.45) is 0.808. The van der Waals surface area contributed by atoms with Gasteiger partial charge in [-0.3, -0.25) is 9.59 Å². The standard InChI is InChI=1S/C20H24N2O4S/c1-4-16-7-5-6-14(2)20(16)22-19(24)12-13-21-27(25,26)18-10-8-17(9-11-18)15(3)23/h5-11,21H,4,12-13H2,1-3H3,(H,22,24). The lowest BCUT2D eigenvalue weighted by Gasteiger charge is -2.13. The number of nitrogens with one attached hydrogen (secondary N) is 2. The highest BCUT2D eigenvalue weighted by atomic mass is 32.2. The summed E-state index contributed by atoms with van der Waals surface area (Å²) in [5.41, 5.74) is 3.23. The number of ketones is 1. The summed E-state index contributed by atoms with van der Waals surface area (Å²) in [5.74, 6) is -0.389. The number of Topliss-reactive ketones (excluding diaryl/α,β-unsaturated/α-hetero) is 1. The summed E-state index contributed by atoms with van der Waals surface area (Å²) in [5, 5.41) is 2.86. The van der Waals surface area contributed by atoms with Crippen LogP contribution in [0.5, 0.6) is 0 Å². The molecule has 2 aromatic carbocycles. The van der Waals surface area contributed by atoms with Crippen LogP contribution in [0.15, 0.2) is 47.4 Å². The highest BCUT2D eigenvalue weighted by molar-refractivity contribution is 7.89. The summed E-state index contributed by atoms with van der Waals surface area (Å²) >= 11 is 0. The van der Waals surface area contributed by atoms with Crippen LogP contribution in [0.25, 0.3) is 0 Å². The molecule has 0 atom stereocenters. The molecule has 6 nitrogen and oxygen atoms in total. The predicted octanol–water partition coefficient (Wildman–Crippen LogP) is 3.07. The molecule has 0 aliphatic heterocycles. The van der Waals surface area contributed by atoms with Crippen molar-refractivity contribution in [3.8, 4) is 0 Å². The Bertz CT molecular complexity index is 935. The first-order valence-corrected chi connectivity index (χ1v) is 10.2. The van der Waals surface area contributed by atoms with Crippen LogP contribution < -0.4 is 10.0 Å². The molecule has 144 valence electrons. The minimum atomic E-state index is -3.73. The van der Waals surface area contributed by atoms with Crippen LogP contribution >= 0.6 is 0 Å². The van der Waals surface area contributed by atoms with Gasteiger partial charge in [-0.05, 0) is 43.5 Å². The second-order valence-electron chi connectivity index (χ2n) is 6.24. The van der Waals surface area contributed by atoms with Gasteiger partial charge >= 0.3 is 0 Å². The van der Waals surface area contributed by atoms with Crippen molar-refractivity contribution >= 4 is 27.4 Å². The zero-order valence-electron chi connectivity index (χ0n) is 15.7. The average molecular weight is 388 g/mol. The number of rotatable bonds is 8. The van der Waals surface area contributed by atoms with E-state index in [-0.39, 0.29) is 29.6 Å². The second-order valence-corrected chi connectivity index (χ2v) is 8.01. The highest BCUT2D eigenvalue weighted by Gasteiger charge is 2.15. The van der Waals surface area contributed by atoms with E-state index in [0.717, 1.165) is 23.2 Å². The number of benzene rings is 2. The molecule has 0 bridgehead atoms. The lowest BCUT2D eigenvalue weighted by atomic mass is 10.1. The number of anilines is 1. The number of hydrogen-bond donors (Lipinski definition) is 2. The molecule has 0 saturated heterocycles. The Labute approximate surface area is 160 Å². The van der Waals surface area contributed by atoms with Crippen molar-refractivity contribution in [2.24, 2.45) is 0 Å². The number of sulfonamides is 1. The maximum atomic E-state index is 12.3. The van der Waals surface area contributed by atoms with Crippen molar-refractivity contribution in [3.05, 3.63) is 59.2 Å². The van der Waals surface area contributed by atoms with Gasteiger partial charge in [0.25, 0.3) is 0 Å². The Morgan fingerprint density at radius 1 is 1.04 bits per heavy atom. The van der Waals surface area contributed by atoms with Gasteiger partial charge in [0, 0.05) is 24.2 Å². The number of aryl methyl sites for hydroxylation is 2. The third kappa shape index (κ3) is 5.48. The van der Waals surface area contributed by atoms with Crippen molar-refractivity contribution in [1.82, 2.24) is 4.72 Å². The first-order valence-electron chi connectivity index (χ1n) is 8.73. The van der Waals surface area contributed by atoms with Gasteiger partial charge < -0.3 is 5.32 Å². The molecule has 1 amide bonds. The van der Waals surface area contributed by atoms with E-state index in [9.17, 15) is 18.0 Å². The maximum absolute atomic E-state index is 12.3. The average Bonchev–Trinajstić information content (AvgIpc) is 2.63. The fourth-order valence-electron chi connectivity index (χ4n) is 2.65. The molecule has 0 heterocycles. The van der Waals surface area contributed by atoms with E-state index in [1.54, 1.807) is 0 Å². The monoisotopic (exact) mass is 388 g/mol. The van der Waals surface area contributed by atoms with Crippen LogP contribution in [-0.4, -0.2) is 26.7 Å². The van der Waals surface area contributed by atoms with Crippen molar-refractivity contribution in [1.29, 1.82) is 0 Å². The fraction of sp³-hybridized carbons (Fsp3) is 0.300. The molecular formula is C20H24N2O4S. The molecule has 7 heteroatoms. The molecule has 0 aromatic heterocycles. The van der Waals surface area contributed by atoms with Crippen LogP contribution in [0.2, 0.25) is 0 Å². The van der Waals surface area contributed by atoms with Gasteiger partial charge in [-0.25, -0.2) is 13.1 Å². The number of amides is 1. The first-order chi connectivity index (χ1) is 12.7. The van der Waals surface area contributed by atoms with E-state index in [1.165, 1.54) is 31.2 Å². The van der Waals surface area contributed by atoms with Crippen LogP contribution in [0.1, 0.15) is 41.8 Å². The molecule has 0 radical (unpaired) electrons. The molecule has 0 aliphatic carbocycles. The van der Waals surface area contributed by atoms with E-state index >= 15 is 0 Å². The van der Waals surface area contributed by atoms with Crippen LogP contribution in [0, 0.1) is 6.92 Å². The topological polar surface area (TPSA) is 92.3 Å². The van der Waals surface area contributed by atoms with Crippen LogP contribution in [0.3, 0.4) is 0 Å². The maximum Gasteiger partial charge on any atom is 0.240 e. The van der Waals surface area contributed by atoms with Crippen LogP contribution in [0.4, 0.5) is 5.69 Å². The van der Waals surface area contributed by atoms with Gasteiger partial charge in [-0.2, -0.15) is 0 Å². The molecule has 2 aromatic rings. The molecule has 0 unspecified atom stereocenters. The fourth-order valence-corrected chi connectivity index (χ4v) is 3.69. The minimum Gasteiger partial charge on any atom is -0.326 e. The summed E-state index contributed by atoms with van der Waals surface area (Å²) in [6, 6.07) is 11.5. The lowest BCUT2D eigenvalue weighted by molar-refractivity contribution is -0.116. The van der Waals surface area contributed by atoms with E-state index in [0.29, 0.717) is 5.56 Å². The van der Waals surface area contributed by atoms with Gasteiger partial charge in [0.2, 0.25) is 15.9 Å². The molecule has 0 fully saturated rings. The predicted molar refractivity (Wildman–Crippen MR) is 105 cm³/mol. The Morgan fingerprint density at radius 2 is 1.70 bits per heavy atom. The van der Waals surface area contributed by atoms with E-state index in [1.807, 2.05) is 32.0 Å². The number of carbonyl (C=O) groups excluding carboxylic acids is 2. The van der Waals surface area contributed by atoms with Crippen molar-refractivity contribution < 1.29 is 18.0 Å². The Morgan fingerprint density at radius 3 is 2.30 bits per heavy atom. The second kappa shape index (κ2) is 8.92. The van der Waals surface area contributed by atoms with Gasteiger partial charge in [0.15, 0.2) is 5.78 Å².